The number of amides is 1. The van der Waals surface area contributed by atoms with Gasteiger partial charge in [0.1, 0.15) is 0 Å². The second-order valence-corrected chi connectivity index (χ2v) is 7.18. The second kappa shape index (κ2) is 8.62. The monoisotopic (exact) mass is 392 g/mol. The first-order valence-corrected chi connectivity index (χ1v) is 9.29. The molecule has 0 unspecified atom stereocenters. The Labute approximate surface area is 163 Å². The first-order chi connectivity index (χ1) is 12.5. The van der Waals surface area contributed by atoms with Crippen LogP contribution in [-0.4, -0.2) is 50.6 Å². The summed E-state index contributed by atoms with van der Waals surface area (Å²) in [4.78, 5) is 16.8. The van der Waals surface area contributed by atoms with Gasteiger partial charge >= 0.3 is 0 Å². The Morgan fingerprint density at radius 2 is 1.62 bits per heavy atom. The third-order valence-electron chi connectivity index (χ3n) is 4.39. The van der Waals surface area contributed by atoms with E-state index in [4.69, 9.17) is 23.2 Å². The minimum atomic E-state index is -0.122. The van der Waals surface area contributed by atoms with Crippen molar-refractivity contribution in [3.05, 3.63) is 52.5 Å². The van der Waals surface area contributed by atoms with Crippen LogP contribution in [0.4, 0.5) is 17.1 Å². The topological polar surface area (TPSA) is 47.6 Å². The first-order valence-electron chi connectivity index (χ1n) is 8.53. The van der Waals surface area contributed by atoms with Crippen LogP contribution in [0.25, 0.3) is 0 Å². The van der Waals surface area contributed by atoms with Crippen LogP contribution in [0.5, 0.6) is 0 Å². The lowest BCUT2D eigenvalue weighted by molar-refractivity contribution is -0.114. The van der Waals surface area contributed by atoms with Crippen molar-refractivity contribution < 1.29 is 4.79 Å². The SMILES string of the molecule is CN1CCN(c2ccc(NC(=O)CNc3ccc(Cl)c(Cl)c3)cc2)CC1. The zero-order chi connectivity index (χ0) is 18.5. The molecule has 1 saturated heterocycles. The van der Waals surface area contributed by atoms with Crippen molar-refractivity contribution in [2.75, 3.05) is 55.3 Å². The van der Waals surface area contributed by atoms with Crippen LogP contribution in [-0.2, 0) is 4.79 Å². The highest BCUT2D eigenvalue weighted by Gasteiger charge is 2.14. The molecule has 1 aliphatic heterocycles. The summed E-state index contributed by atoms with van der Waals surface area (Å²) >= 11 is 11.8. The minimum Gasteiger partial charge on any atom is -0.376 e. The van der Waals surface area contributed by atoms with Gasteiger partial charge in [-0.3, -0.25) is 4.79 Å². The molecule has 1 fully saturated rings. The Balaban J connectivity index is 1.50. The molecule has 1 heterocycles. The van der Waals surface area contributed by atoms with Crippen LogP contribution < -0.4 is 15.5 Å². The number of carbonyl (C=O) groups is 1. The van der Waals surface area contributed by atoms with Gasteiger partial charge in [0.2, 0.25) is 5.91 Å². The average Bonchev–Trinajstić information content (AvgIpc) is 2.64. The number of nitrogens with one attached hydrogen (secondary N) is 2. The summed E-state index contributed by atoms with van der Waals surface area (Å²) in [6.07, 6.45) is 0. The van der Waals surface area contributed by atoms with Gasteiger partial charge in [0.05, 0.1) is 16.6 Å². The minimum absolute atomic E-state index is 0.122. The molecule has 3 rings (SSSR count). The van der Waals surface area contributed by atoms with E-state index >= 15 is 0 Å². The van der Waals surface area contributed by atoms with E-state index in [0.29, 0.717) is 10.0 Å². The average molecular weight is 393 g/mol. The molecule has 0 aliphatic carbocycles. The molecule has 0 atom stereocenters. The molecule has 0 aromatic heterocycles. The second-order valence-electron chi connectivity index (χ2n) is 6.37. The van der Waals surface area contributed by atoms with Crippen molar-refractivity contribution in [1.29, 1.82) is 0 Å². The maximum atomic E-state index is 12.1. The van der Waals surface area contributed by atoms with Gasteiger partial charge < -0.3 is 20.4 Å². The Bertz CT molecular complexity index is 759. The van der Waals surface area contributed by atoms with E-state index in [0.717, 1.165) is 37.6 Å². The molecule has 1 amide bonds. The van der Waals surface area contributed by atoms with Gasteiger partial charge in [-0.05, 0) is 49.5 Å². The van der Waals surface area contributed by atoms with E-state index in [2.05, 4.69) is 27.5 Å². The molecule has 0 saturated carbocycles. The Morgan fingerprint density at radius 3 is 2.27 bits per heavy atom. The number of benzene rings is 2. The Kier molecular flexibility index (Phi) is 6.25. The van der Waals surface area contributed by atoms with Gasteiger partial charge in [0.15, 0.2) is 0 Å². The van der Waals surface area contributed by atoms with Gasteiger partial charge in [-0.1, -0.05) is 23.2 Å². The molecular formula is C19H22Cl2N4O. The number of hydrogen-bond donors (Lipinski definition) is 2. The van der Waals surface area contributed by atoms with Gasteiger partial charge in [-0.25, -0.2) is 0 Å². The van der Waals surface area contributed by atoms with E-state index in [-0.39, 0.29) is 12.5 Å². The maximum absolute atomic E-state index is 12.1. The molecule has 5 nitrogen and oxygen atoms in total. The summed E-state index contributed by atoms with van der Waals surface area (Å²) in [5, 5.41) is 6.86. The van der Waals surface area contributed by atoms with E-state index in [9.17, 15) is 4.79 Å². The zero-order valence-corrected chi connectivity index (χ0v) is 16.1. The van der Waals surface area contributed by atoms with Crippen molar-refractivity contribution in [2.24, 2.45) is 0 Å². The molecule has 2 aromatic carbocycles. The van der Waals surface area contributed by atoms with E-state index < -0.39 is 0 Å². The standard InChI is InChI=1S/C19H22Cl2N4O/c1-24-8-10-25(11-9-24)16-5-2-14(3-6-16)23-19(26)13-22-15-4-7-17(20)18(21)12-15/h2-7,12,22H,8-11,13H2,1H3,(H,23,26). The van der Waals surface area contributed by atoms with Crippen molar-refractivity contribution in [2.45, 2.75) is 0 Å². The quantitative estimate of drug-likeness (QED) is 0.812. The molecule has 0 radical (unpaired) electrons. The van der Waals surface area contributed by atoms with E-state index in [1.54, 1.807) is 18.2 Å². The van der Waals surface area contributed by atoms with Crippen molar-refractivity contribution in [3.63, 3.8) is 0 Å². The molecule has 138 valence electrons. The van der Waals surface area contributed by atoms with Crippen LogP contribution in [0, 0.1) is 0 Å². The predicted molar refractivity (Wildman–Crippen MR) is 110 cm³/mol. The lowest BCUT2D eigenvalue weighted by atomic mass is 10.2. The number of likely N-dealkylation sites (N-methyl/N-ethyl adjacent to an activating group) is 1. The van der Waals surface area contributed by atoms with Crippen LogP contribution in [0.3, 0.4) is 0 Å². The van der Waals surface area contributed by atoms with Gasteiger partial charge in [-0.15, -0.1) is 0 Å². The predicted octanol–water partition coefficient (Wildman–Crippen LogP) is 3.80. The lowest BCUT2D eigenvalue weighted by Gasteiger charge is -2.34. The van der Waals surface area contributed by atoms with Crippen LogP contribution in [0.2, 0.25) is 10.0 Å². The summed E-state index contributed by atoms with van der Waals surface area (Å²) in [7, 11) is 2.14. The highest BCUT2D eigenvalue weighted by molar-refractivity contribution is 6.42. The number of piperazine rings is 1. The summed E-state index contributed by atoms with van der Waals surface area (Å²) in [5.74, 6) is -0.122. The van der Waals surface area contributed by atoms with Crippen LogP contribution >= 0.6 is 23.2 Å². The number of nitrogens with zero attached hydrogens (tertiary/aromatic N) is 2. The van der Waals surface area contributed by atoms with Crippen molar-refractivity contribution in [3.8, 4) is 0 Å². The fourth-order valence-electron chi connectivity index (χ4n) is 2.81. The van der Waals surface area contributed by atoms with Gasteiger partial charge in [0.25, 0.3) is 0 Å². The molecule has 0 spiro atoms. The molecule has 2 N–H and O–H groups in total. The zero-order valence-electron chi connectivity index (χ0n) is 14.6. The normalized spacial score (nSPS) is 15.0. The highest BCUT2D eigenvalue weighted by Crippen LogP contribution is 2.25. The smallest absolute Gasteiger partial charge is 0.243 e. The Morgan fingerprint density at radius 1 is 0.962 bits per heavy atom. The maximum Gasteiger partial charge on any atom is 0.243 e. The molecule has 7 heteroatoms. The first kappa shape index (κ1) is 18.8. The number of halogens is 2. The summed E-state index contributed by atoms with van der Waals surface area (Å²) in [6.45, 7) is 4.33. The third kappa shape index (κ3) is 5.04. The van der Waals surface area contributed by atoms with Crippen molar-refractivity contribution in [1.82, 2.24) is 4.90 Å². The molecule has 26 heavy (non-hydrogen) atoms. The van der Waals surface area contributed by atoms with Crippen molar-refractivity contribution >= 4 is 46.2 Å². The number of hydrogen-bond acceptors (Lipinski definition) is 4. The third-order valence-corrected chi connectivity index (χ3v) is 5.13. The summed E-state index contributed by atoms with van der Waals surface area (Å²) < 4.78 is 0. The van der Waals surface area contributed by atoms with Crippen LogP contribution in [0.1, 0.15) is 0 Å². The number of rotatable bonds is 5. The molecule has 0 bridgehead atoms. The van der Waals surface area contributed by atoms with E-state index in [1.165, 1.54) is 5.69 Å². The Hall–Kier alpha value is -1.95. The van der Waals surface area contributed by atoms with Gasteiger partial charge in [-0.2, -0.15) is 0 Å². The highest BCUT2D eigenvalue weighted by atomic mass is 35.5. The summed E-state index contributed by atoms with van der Waals surface area (Å²) in [6, 6.07) is 13.1. The van der Waals surface area contributed by atoms with Crippen LogP contribution in [0.15, 0.2) is 42.5 Å². The van der Waals surface area contributed by atoms with Gasteiger partial charge in [0, 0.05) is 43.2 Å². The number of anilines is 3. The largest absolute Gasteiger partial charge is 0.376 e. The molecule has 2 aromatic rings. The molecule has 1 aliphatic rings. The fraction of sp³-hybridized carbons (Fsp3) is 0.316. The lowest BCUT2D eigenvalue weighted by Crippen LogP contribution is -2.44. The summed E-state index contributed by atoms with van der Waals surface area (Å²) in [5.41, 5.74) is 2.72. The molecular weight excluding hydrogens is 371 g/mol. The number of carbonyl (C=O) groups excluding carboxylic acids is 1. The van der Waals surface area contributed by atoms with E-state index in [1.807, 2.05) is 24.3 Å². The fourth-order valence-corrected chi connectivity index (χ4v) is 3.11.